The van der Waals surface area contributed by atoms with Gasteiger partial charge in [0.1, 0.15) is 6.54 Å². The maximum atomic E-state index is 11.6. The lowest BCUT2D eigenvalue weighted by atomic mass is 10.5. The van der Waals surface area contributed by atoms with Crippen LogP contribution >= 0.6 is 0 Å². The Balaban J connectivity index is 3.87. The SMILES string of the molecule is C[N]C(=O)N(C)CC(F)(F)F. The van der Waals surface area contributed by atoms with E-state index in [9.17, 15) is 18.0 Å². The first kappa shape index (κ1) is 10.1. The molecular weight excluding hydrogens is 161 g/mol. The van der Waals surface area contributed by atoms with E-state index in [4.69, 9.17) is 0 Å². The predicted molar refractivity (Wildman–Crippen MR) is 32.1 cm³/mol. The zero-order chi connectivity index (χ0) is 9.07. The van der Waals surface area contributed by atoms with E-state index in [1.54, 1.807) is 0 Å². The number of rotatable bonds is 1. The van der Waals surface area contributed by atoms with Crippen molar-refractivity contribution in [2.75, 3.05) is 20.6 Å². The Morgan fingerprint density at radius 2 is 2.00 bits per heavy atom. The number of nitrogens with zero attached hydrogens (tertiary/aromatic N) is 2. The van der Waals surface area contributed by atoms with Gasteiger partial charge in [-0.15, -0.1) is 0 Å². The second-order valence-corrected chi connectivity index (χ2v) is 1.98. The number of halogens is 3. The summed E-state index contributed by atoms with van der Waals surface area (Å²) in [5.41, 5.74) is 0. The van der Waals surface area contributed by atoms with E-state index in [1.807, 2.05) is 0 Å². The lowest BCUT2D eigenvalue weighted by Crippen LogP contribution is -2.38. The van der Waals surface area contributed by atoms with Gasteiger partial charge >= 0.3 is 12.2 Å². The number of carbonyl (C=O) groups is 1. The number of hydrogen-bond donors (Lipinski definition) is 0. The van der Waals surface area contributed by atoms with Gasteiger partial charge in [0.2, 0.25) is 0 Å². The quantitative estimate of drug-likeness (QED) is 0.572. The van der Waals surface area contributed by atoms with Crippen molar-refractivity contribution in [2.24, 2.45) is 0 Å². The molecule has 0 rings (SSSR count). The Labute approximate surface area is 62.2 Å². The van der Waals surface area contributed by atoms with Gasteiger partial charge in [-0.2, -0.15) is 13.2 Å². The third-order valence-corrected chi connectivity index (χ3v) is 0.934. The van der Waals surface area contributed by atoms with Crippen LogP contribution in [0.5, 0.6) is 0 Å². The highest BCUT2D eigenvalue weighted by molar-refractivity contribution is 5.73. The summed E-state index contributed by atoms with van der Waals surface area (Å²) in [4.78, 5) is 10.9. The third-order valence-electron chi connectivity index (χ3n) is 0.934. The molecule has 0 saturated heterocycles. The van der Waals surface area contributed by atoms with Crippen molar-refractivity contribution in [2.45, 2.75) is 6.18 Å². The molecule has 0 aliphatic rings. The molecule has 3 nitrogen and oxygen atoms in total. The molecule has 0 fully saturated rings. The van der Waals surface area contributed by atoms with E-state index < -0.39 is 18.8 Å². The summed E-state index contributed by atoms with van der Waals surface area (Å²) in [5, 5.41) is 3.06. The molecule has 0 aromatic carbocycles. The van der Waals surface area contributed by atoms with Crippen LogP contribution < -0.4 is 5.32 Å². The highest BCUT2D eigenvalue weighted by atomic mass is 19.4. The summed E-state index contributed by atoms with van der Waals surface area (Å²) >= 11 is 0. The topological polar surface area (TPSA) is 34.4 Å². The molecule has 0 N–H and O–H groups in total. The van der Waals surface area contributed by atoms with E-state index in [-0.39, 0.29) is 0 Å². The van der Waals surface area contributed by atoms with Crippen molar-refractivity contribution >= 4 is 6.03 Å². The minimum atomic E-state index is -4.35. The molecule has 0 heterocycles. The van der Waals surface area contributed by atoms with Gasteiger partial charge in [-0.3, -0.25) is 0 Å². The molecule has 0 saturated carbocycles. The number of alkyl halides is 3. The van der Waals surface area contributed by atoms with Crippen LogP contribution in [0, 0.1) is 0 Å². The fourth-order valence-corrected chi connectivity index (χ4v) is 0.507. The monoisotopic (exact) mass is 169 g/mol. The van der Waals surface area contributed by atoms with E-state index in [1.165, 1.54) is 0 Å². The van der Waals surface area contributed by atoms with E-state index in [0.29, 0.717) is 4.90 Å². The summed E-state index contributed by atoms with van der Waals surface area (Å²) in [6.45, 7) is -1.26. The smallest absolute Gasteiger partial charge is 0.317 e. The van der Waals surface area contributed by atoms with Crippen LogP contribution in [-0.4, -0.2) is 37.7 Å². The Morgan fingerprint density at radius 1 is 1.55 bits per heavy atom. The minimum absolute atomic E-state index is 0.500. The highest BCUT2D eigenvalue weighted by Crippen LogP contribution is 2.15. The normalized spacial score (nSPS) is 11.0. The molecule has 1 radical (unpaired) electrons. The average molecular weight is 169 g/mol. The molecule has 0 aliphatic heterocycles. The molecule has 0 aromatic rings. The van der Waals surface area contributed by atoms with Crippen LogP contribution in [0.25, 0.3) is 0 Å². The van der Waals surface area contributed by atoms with Gasteiger partial charge in [-0.25, -0.2) is 10.1 Å². The molecule has 6 heteroatoms. The lowest BCUT2D eigenvalue weighted by molar-refractivity contribution is -0.137. The fraction of sp³-hybridized carbons (Fsp3) is 0.800. The zero-order valence-corrected chi connectivity index (χ0v) is 6.14. The maximum Gasteiger partial charge on any atom is 0.406 e. The van der Waals surface area contributed by atoms with Crippen LogP contribution in [0.1, 0.15) is 0 Å². The first-order chi connectivity index (χ1) is 4.87. The van der Waals surface area contributed by atoms with Gasteiger partial charge in [-0.05, 0) is 0 Å². The summed E-state index contributed by atoms with van der Waals surface area (Å²) in [6, 6.07) is -0.873. The number of carbonyl (C=O) groups excluding carboxylic acids is 1. The molecule has 0 atom stereocenters. The second kappa shape index (κ2) is 3.45. The van der Waals surface area contributed by atoms with Crippen molar-refractivity contribution < 1.29 is 18.0 Å². The molecule has 2 amide bonds. The van der Waals surface area contributed by atoms with Crippen molar-refractivity contribution in [3.8, 4) is 0 Å². The van der Waals surface area contributed by atoms with Crippen LogP contribution in [0.4, 0.5) is 18.0 Å². The summed E-state index contributed by atoms with van der Waals surface area (Å²) in [5.74, 6) is 0. The predicted octanol–water partition coefficient (Wildman–Crippen LogP) is 0.835. The first-order valence-corrected chi connectivity index (χ1v) is 2.78. The fourth-order valence-electron chi connectivity index (χ4n) is 0.507. The third kappa shape index (κ3) is 4.46. The van der Waals surface area contributed by atoms with Crippen LogP contribution in [0.3, 0.4) is 0 Å². The number of urea groups is 1. The Morgan fingerprint density at radius 3 is 2.27 bits per heavy atom. The average Bonchev–Trinajstić information content (AvgIpc) is 1.82. The van der Waals surface area contributed by atoms with Gasteiger partial charge in [-0.1, -0.05) is 0 Å². The van der Waals surface area contributed by atoms with Crippen molar-refractivity contribution in [3.05, 3.63) is 0 Å². The minimum Gasteiger partial charge on any atom is -0.317 e. The van der Waals surface area contributed by atoms with Crippen LogP contribution in [0.15, 0.2) is 0 Å². The van der Waals surface area contributed by atoms with Crippen molar-refractivity contribution in [3.63, 3.8) is 0 Å². The Bertz CT molecular complexity index is 145. The molecule has 0 bridgehead atoms. The Hall–Kier alpha value is -0.940. The molecule has 0 aromatic heterocycles. The standard InChI is InChI=1S/C5H8F3N2O/c1-9-4(11)10(2)3-5(6,7)8/h3H2,1-2H3. The molecule has 0 aliphatic carbocycles. The number of amides is 2. The van der Waals surface area contributed by atoms with Crippen molar-refractivity contribution in [1.29, 1.82) is 0 Å². The molecule has 65 valence electrons. The summed E-state index contributed by atoms with van der Waals surface area (Å²) in [6.07, 6.45) is -4.35. The van der Waals surface area contributed by atoms with Gasteiger partial charge < -0.3 is 4.90 Å². The maximum absolute atomic E-state index is 11.6. The van der Waals surface area contributed by atoms with Crippen LogP contribution in [0.2, 0.25) is 0 Å². The van der Waals surface area contributed by atoms with Gasteiger partial charge in [0.25, 0.3) is 0 Å². The first-order valence-electron chi connectivity index (χ1n) is 2.78. The van der Waals surface area contributed by atoms with E-state index in [2.05, 4.69) is 5.32 Å². The lowest BCUT2D eigenvalue weighted by Gasteiger charge is -2.16. The van der Waals surface area contributed by atoms with Gasteiger partial charge in [0.05, 0.1) is 0 Å². The zero-order valence-electron chi connectivity index (χ0n) is 6.14. The summed E-state index contributed by atoms with van der Waals surface area (Å²) in [7, 11) is 2.19. The Kier molecular flexibility index (Phi) is 3.16. The molecule has 0 spiro atoms. The van der Waals surface area contributed by atoms with E-state index in [0.717, 1.165) is 14.1 Å². The second-order valence-electron chi connectivity index (χ2n) is 1.98. The molecular formula is C5H8F3N2O. The number of hydrogen-bond acceptors (Lipinski definition) is 1. The van der Waals surface area contributed by atoms with Crippen molar-refractivity contribution in [1.82, 2.24) is 10.2 Å². The van der Waals surface area contributed by atoms with Crippen LogP contribution in [-0.2, 0) is 0 Å². The highest BCUT2D eigenvalue weighted by Gasteiger charge is 2.31. The van der Waals surface area contributed by atoms with E-state index >= 15 is 0 Å². The molecule has 11 heavy (non-hydrogen) atoms. The van der Waals surface area contributed by atoms with Gasteiger partial charge in [0.15, 0.2) is 0 Å². The molecule has 0 unspecified atom stereocenters. The largest absolute Gasteiger partial charge is 0.406 e. The summed E-state index contributed by atoms with van der Waals surface area (Å²) < 4.78 is 34.7. The van der Waals surface area contributed by atoms with Gasteiger partial charge in [0, 0.05) is 14.1 Å².